The Balaban J connectivity index is 1.88. The van der Waals surface area contributed by atoms with Gasteiger partial charge in [-0.15, -0.1) is 0 Å². The molecule has 1 heterocycles. The van der Waals surface area contributed by atoms with Gasteiger partial charge in [-0.1, -0.05) is 18.2 Å². The summed E-state index contributed by atoms with van der Waals surface area (Å²) in [6.45, 7) is -0.379. The summed E-state index contributed by atoms with van der Waals surface area (Å²) in [5.41, 5.74) is -0.170. The molecule has 0 aliphatic carbocycles. The van der Waals surface area contributed by atoms with Gasteiger partial charge < -0.3 is 15.0 Å². The third-order valence-corrected chi connectivity index (χ3v) is 3.54. The standard InChI is InChI=1S/C17H15N3O4/c1-24-12-6-4-5-11(9-12)18-15(21)10-20-16(22)13-7-2-3-8-14(13)19-17(20)23/h2-9H,10H2,1H3,(H,18,21)(H,19,23). The highest BCUT2D eigenvalue weighted by atomic mass is 16.5. The minimum Gasteiger partial charge on any atom is -0.497 e. The largest absolute Gasteiger partial charge is 0.497 e. The lowest BCUT2D eigenvalue weighted by molar-refractivity contribution is -0.116. The van der Waals surface area contributed by atoms with Gasteiger partial charge in [0, 0.05) is 11.8 Å². The Labute approximate surface area is 136 Å². The molecule has 0 fully saturated rings. The first-order chi connectivity index (χ1) is 11.6. The van der Waals surface area contributed by atoms with Gasteiger partial charge in [0.15, 0.2) is 0 Å². The molecule has 0 saturated heterocycles. The number of methoxy groups -OCH3 is 1. The van der Waals surface area contributed by atoms with Crippen molar-refractivity contribution in [3.63, 3.8) is 0 Å². The van der Waals surface area contributed by atoms with Gasteiger partial charge in [0.2, 0.25) is 5.91 Å². The van der Waals surface area contributed by atoms with Crippen molar-refractivity contribution in [3.05, 3.63) is 69.4 Å². The number of benzene rings is 2. The van der Waals surface area contributed by atoms with Crippen LogP contribution in [0.2, 0.25) is 0 Å². The molecule has 0 unspecified atom stereocenters. The van der Waals surface area contributed by atoms with Crippen LogP contribution < -0.4 is 21.3 Å². The summed E-state index contributed by atoms with van der Waals surface area (Å²) in [4.78, 5) is 39.2. The Kier molecular flexibility index (Phi) is 4.15. The van der Waals surface area contributed by atoms with Crippen LogP contribution in [0.3, 0.4) is 0 Å². The fourth-order valence-corrected chi connectivity index (χ4v) is 2.39. The van der Waals surface area contributed by atoms with Crippen molar-refractivity contribution in [3.8, 4) is 5.75 Å². The number of para-hydroxylation sites is 1. The molecule has 0 radical (unpaired) electrons. The SMILES string of the molecule is COc1cccc(NC(=O)Cn2c(=O)[nH]c3ccccc3c2=O)c1. The molecule has 0 spiro atoms. The summed E-state index contributed by atoms with van der Waals surface area (Å²) < 4.78 is 5.95. The van der Waals surface area contributed by atoms with E-state index in [2.05, 4.69) is 10.3 Å². The molecule has 3 aromatic rings. The van der Waals surface area contributed by atoms with E-state index in [1.165, 1.54) is 7.11 Å². The fraction of sp³-hybridized carbons (Fsp3) is 0.118. The molecule has 2 aromatic carbocycles. The first-order valence-corrected chi connectivity index (χ1v) is 7.24. The lowest BCUT2D eigenvalue weighted by Gasteiger charge is -2.08. The molecule has 7 heteroatoms. The van der Waals surface area contributed by atoms with Crippen molar-refractivity contribution in [2.75, 3.05) is 12.4 Å². The van der Waals surface area contributed by atoms with E-state index in [0.717, 1.165) is 4.57 Å². The summed E-state index contributed by atoms with van der Waals surface area (Å²) in [5.74, 6) is 0.111. The second-order valence-electron chi connectivity index (χ2n) is 5.15. The Morgan fingerprint density at radius 2 is 1.96 bits per heavy atom. The van der Waals surface area contributed by atoms with Crippen LogP contribution in [0.5, 0.6) is 5.75 Å². The number of hydrogen-bond donors (Lipinski definition) is 2. The van der Waals surface area contributed by atoms with Crippen molar-refractivity contribution < 1.29 is 9.53 Å². The van der Waals surface area contributed by atoms with Gasteiger partial charge in [-0.3, -0.25) is 14.2 Å². The fourth-order valence-electron chi connectivity index (χ4n) is 2.39. The van der Waals surface area contributed by atoms with E-state index in [1.807, 2.05) is 0 Å². The monoisotopic (exact) mass is 325 g/mol. The molecule has 0 bridgehead atoms. The first-order valence-electron chi connectivity index (χ1n) is 7.24. The van der Waals surface area contributed by atoms with Crippen molar-refractivity contribution in [2.24, 2.45) is 0 Å². The molecule has 2 N–H and O–H groups in total. The summed E-state index contributed by atoms with van der Waals surface area (Å²) in [5, 5.41) is 2.99. The van der Waals surface area contributed by atoms with Gasteiger partial charge in [0.25, 0.3) is 5.56 Å². The summed E-state index contributed by atoms with van der Waals surface area (Å²) >= 11 is 0. The van der Waals surface area contributed by atoms with Crippen LogP contribution >= 0.6 is 0 Å². The molecular formula is C17H15N3O4. The zero-order valence-electron chi connectivity index (χ0n) is 12.9. The van der Waals surface area contributed by atoms with Gasteiger partial charge in [-0.2, -0.15) is 0 Å². The lowest BCUT2D eigenvalue weighted by atomic mass is 10.2. The van der Waals surface area contributed by atoms with Crippen LogP contribution in [0, 0.1) is 0 Å². The predicted molar refractivity (Wildman–Crippen MR) is 90.5 cm³/mol. The van der Waals surface area contributed by atoms with Gasteiger partial charge in [-0.25, -0.2) is 4.79 Å². The smallest absolute Gasteiger partial charge is 0.329 e. The number of aromatic amines is 1. The first kappa shape index (κ1) is 15.5. The Bertz CT molecular complexity index is 1020. The highest BCUT2D eigenvalue weighted by Gasteiger charge is 2.11. The number of carbonyl (C=O) groups is 1. The molecule has 7 nitrogen and oxygen atoms in total. The lowest BCUT2D eigenvalue weighted by Crippen LogP contribution is -2.38. The van der Waals surface area contributed by atoms with Crippen molar-refractivity contribution >= 4 is 22.5 Å². The van der Waals surface area contributed by atoms with Crippen LogP contribution in [-0.2, 0) is 11.3 Å². The quantitative estimate of drug-likeness (QED) is 0.757. The van der Waals surface area contributed by atoms with Crippen LogP contribution in [0.25, 0.3) is 10.9 Å². The molecule has 0 atom stereocenters. The maximum absolute atomic E-state index is 12.4. The third kappa shape index (κ3) is 3.05. The highest BCUT2D eigenvalue weighted by Crippen LogP contribution is 2.16. The second-order valence-corrected chi connectivity index (χ2v) is 5.15. The number of amides is 1. The molecule has 1 aromatic heterocycles. The van der Waals surface area contributed by atoms with Crippen LogP contribution in [-0.4, -0.2) is 22.6 Å². The Morgan fingerprint density at radius 1 is 1.17 bits per heavy atom. The molecule has 0 saturated carbocycles. The number of H-pyrrole nitrogens is 1. The van der Waals surface area contributed by atoms with E-state index < -0.39 is 17.2 Å². The topological polar surface area (TPSA) is 93.2 Å². The second kappa shape index (κ2) is 6.41. The van der Waals surface area contributed by atoms with Gasteiger partial charge in [0.1, 0.15) is 12.3 Å². The normalized spacial score (nSPS) is 10.5. The van der Waals surface area contributed by atoms with Crippen molar-refractivity contribution in [1.82, 2.24) is 9.55 Å². The number of fused-ring (bicyclic) bond motifs is 1. The zero-order valence-corrected chi connectivity index (χ0v) is 12.9. The van der Waals surface area contributed by atoms with Gasteiger partial charge in [-0.05, 0) is 24.3 Å². The predicted octanol–water partition coefficient (Wildman–Crippen LogP) is 1.34. The number of hydrogen-bond acceptors (Lipinski definition) is 4. The number of aromatic nitrogens is 2. The molecular weight excluding hydrogens is 310 g/mol. The average Bonchev–Trinajstić information content (AvgIpc) is 2.59. The van der Waals surface area contributed by atoms with Crippen LogP contribution in [0.4, 0.5) is 5.69 Å². The third-order valence-electron chi connectivity index (χ3n) is 3.54. The van der Waals surface area contributed by atoms with Gasteiger partial charge in [0.05, 0.1) is 18.0 Å². The summed E-state index contributed by atoms with van der Waals surface area (Å²) in [6.07, 6.45) is 0. The number of nitrogens with zero attached hydrogens (tertiary/aromatic N) is 1. The molecule has 1 amide bonds. The maximum atomic E-state index is 12.4. The minimum absolute atomic E-state index is 0.353. The average molecular weight is 325 g/mol. The highest BCUT2D eigenvalue weighted by molar-refractivity contribution is 5.91. The van der Waals surface area contributed by atoms with E-state index in [0.29, 0.717) is 22.3 Å². The Hall–Kier alpha value is -3.35. The number of anilines is 1. The number of ether oxygens (including phenoxy) is 1. The van der Waals surface area contributed by atoms with Crippen LogP contribution in [0.1, 0.15) is 0 Å². The minimum atomic E-state index is -0.625. The molecule has 0 aliphatic rings. The number of nitrogens with one attached hydrogen (secondary N) is 2. The molecule has 24 heavy (non-hydrogen) atoms. The van der Waals surface area contributed by atoms with E-state index in [-0.39, 0.29) is 6.54 Å². The van der Waals surface area contributed by atoms with E-state index in [9.17, 15) is 14.4 Å². The Morgan fingerprint density at radius 3 is 2.75 bits per heavy atom. The van der Waals surface area contributed by atoms with Crippen molar-refractivity contribution in [1.29, 1.82) is 0 Å². The van der Waals surface area contributed by atoms with E-state index in [1.54, 1.807) is 48.5 Å². The summed E-state index contributed by atoms with van der Waals surface area (Å²) in [6, 6.07) is 13.5. The summed E-state index contributed by atoms with van der Waals surface area (Å²) in [7, 11) is 1.52. The number of carbonyl (C=O) groups excluding carboxylic acids is 1. The maximum Gasteiger partial charge on any atom is 0.329 e. The van der Waals surface area contributed by atoms with Gasteiger partial charge >= 0.3 is 5.69 Å². The zero-order chi connectivity index (χ0) is 17.1. The van der Waals surface area contributed by atoms with Crippen LogP contribution in [0.15, 0.2) is 58.1 Å². The van der Waals surface area contributed by atoms with E-state index in [4.69, 9.17) is 4.74 Å². The molecule has 122 valence electrons. The molecule has 3 rings (SSSR count). The number of rotatable bonds is 4. The van der Waals surface area contributed by atoms with Crippen molar-refractivity contribution in [2.45, 2.75) is 6.54 Å². The van der Waals surface area contributed by atoms with E-state index >= 15 is 0 Å². The molecule has 0 aliphatic heterocycles.